The molecule has 0 amide bonds. The van der Waals surface area contributed by atoms with Gasteiger partial charge in [-0.05, 0) is 55.2 Å². The number of hydrogen-bond donors (Lipinski definition) is 1. The van der Waals surface area contributed by atoms with E-state index in [-0.39, 0.29) is 5.56 Å². The van der Waals surface area contributed by atoms with Crippen LogP contribution in [0, 0.1) is 5.92 Å². The number of para-hydroxylation sites is 2. The number of anilines is 2. The largest absolute Gasteiger partial charge is 0.372 e. The summed E-state index contributed by atoms with van der Waals surface area (Å²) in [5.74, 6) is 0.823. The molecule has 1 aliphatic rings. The Bertz CT molecular complexity index is 924. The van der Waals surface area contributed by atoms with Gasteiger partial charge in [-0.15, -0.1) is 0 Å². The topological polar surface area (TPSA) is 50.2 Å². The van der Waals surface area contributed by atoms with Gasteiger partial charge in [-0.25, -0.2) is 9.66 Å². The van der Waals surface area contributed by atoms with E-state index in [9.17, 15) is 4.79 Å². The minimum atomic E-state index is -0.173. The summed E-state index contributed by atoms with van der Waals surface area (Å²) in [4.78, 5) is 18.8. The minimum Gasteiger partial charge on any atom is -0.372 e. The highest BCUT2D eigenvalue weighted by Gasteiger charge is 2.15. The van der Waals surface area contributed by atoms with Crippen LogP contribution >= 0.6 is 0 Å². The zero-order valence-corrected chi connectivity index (χ0v) is 14.4. The Balaban J connectivity index is 1.58. The Morgan fingerprint density at radius 2 is 1.76 bits per heavy atom. The number of aromatic nitrogens is 2. The first-order valence-corrected chi connectivity index (χ1v) is 8.79. The number of hydrogen-bond acceptors (Lipinski definition) is 4. The van der Waals surface area contributed by atoms with Gasteiger partial charge in [0, 0.05) is 18.8 Å². The van der Waals surface area contributed by atoms with Crippen molar-refractivity contribution in [2.75, 3.05) is 23.4 Å². The van der Waals surface area contributed by atoms with E-state index in [0.717, 1.165) is 35.7 Å². The predicted molar refractivity (Wildman–Crippen MR) is 102 cm³/mol. The lowest BCUT2D eigenvalue weighted by atomic mass is 9.99. The SMILES string of the molecule is CC1CCN(c2ccc(Nn3c(=O)cnc4ccccc43)cc2)CC1. The predicted octanol–water partition coefficient (Wildman–Crippen LogP) is 3.51. The van der Waals surface area contributed by atoms with Crippen LogP contribution in [0.4, 0.5) is 11.4 Å². The van der Waals surface area contributed by atoms with Crippen LogP contribution in [0.1, 0.15) is 19.8 Å². The van der Waals surface area contributed by atoms with Crippen LogP contribution < -0.4 is 15.9 Å². The summed E-state index contributed by atoms with van der Waals surface area (Å²) < 4.78 is 1.54. The summed E-state index contributed by atoms with van der Waals surface area (Å²) in [5.41, 5.74) is 6.70. The van der Waals surface area contributed by atoms with Crippen molar-refractivity contribution in [3.8, 4) is 0 Å². The van der Waals surface area contributed by atoms with Gasteiger partial charge in [-0.3, -0.25) is 10.2 Å². The average molecular weight is 334 g/mol. The van der Waals surface area contributed by atoms with Crippen LogP contribution in [0.5, 0.6) is 0 Å². The van der Waals surface area contributed by atoms with E-state index in [4.69, 9.17) is 0 Å². The monoisotopic (exact) mass is 334 g/mol. The number of nitrogens with one attached hydrogen (secondary N) is 1. The molecule has 25 heavy (non-hydrogen) atoms. The van der Waals surface area contributed by atoms with Crippen LogP contribution in [0.15, 0.2) is 59.5 Å². The summed E-state index contributed by atoms with van der Waals surface area (Å²) in [6, 6.07) is 15.9. The number of nitrogens with zero attached hydrogens (tertiary/aromatic N) is 3. The van der Waals surface area contributed by atoms with Crippen molar-refractivity contribution in [1.82, 2.24) is 9.66 Å². The number of piperidine rings is 1. The van der Waals surface area contributed by atoms with Crippen LogP contribution in [-0.4, -0.2) is 22.7 Å². The summed E-state index contributed by atoms with van der Waals surface area (Å²) in [5, 5.41) is 0. The Kier molecular flexibility index (Phi) is 4.14. The van der Waals surface area contributed by atoms with Gasteiger partial charge in [0.05, 0.1) is 22.9 Å². The molecule has 1 fully saturated rings. The molecule has 0 saturated carbocycles. The third-order valence-corrected chi connectivity index (χ3v) is 4.91. The standard InChI is InChI=1S/C20H22N4O/c1-15-10-12-23(13-11-15)17-8-6-16(7-9-17)22-24-19-5-3-2-4-18(19)21-14-20(24)25/h2-9,14-15,22H,10-13H2,1H3. The first kappa shape index (κ1) is 15.7. The van der Waals surface area contributed by atoms with Gasteiger partial charge in [0.2, 0.25) is 0 Å². The second kappa shape index (κ2) is 6.59. The summed E-state index contributed by atoms with van der Waals surface area (Å²) in [7, 11) is 0. The third kappa shape index (κ3) is 3.22. The summed E-state index contributed by atoms with van der Waals surface area (Å²) >= 11 is 0. The lowest BCUT2D eigenvalue weighted by Crippen LogP contribution is -2.32. The molecule has 1 aliphatic heterocycles. The molecule has 0 aliphatic carbocycles. The minimum absolute atomic E-state index is 0.173. The molecule has 2 heterocycles. The van der Waals surface area contributed by atoms with Crippen molar-refractivity contribution >= 4 is 22.4 Å². The Labute approximate surface area is 146 Å². The van der Waals surface area contributed by atoms with Gasteiger partial charge in [0.25, 0.3) is 5.56 Å². The molecule has 0 spiro atoms. The van der Waals surface area contributed by atoms with Crippen molar-refractivity contribution in [2.45, 2.75) is 19.8 Å². The van der Waals surface area contributed by atoms with E-state index in [1.54, 1.807) is 4.68 Å². The first-order chi connectivity index (χ1) is 12.2. The fraction of sp³-hybridized carbons (Fsp3) is 0.300. The smallest absolute Gasteiger partial charge is 0.288 e. The van der Waals surface area contributed by atoms with Gasteiger partial charge < -0.3 is 4.90 Å². The Hall–Kier alpha value is -2.82. The van der Waals surface area contributed by atoms with E-state index >= 15 is 0 Å². The molecule has 0 atom stereocenters. The molecule has 5 nitrogen and oxygen atoms in total. The van der Waals surface area contributed by atoms with E-state index in [0.29, 0.717) is 0 Å². The van der Waals surface area contributed by atoms with Crippen LogP contribution in [0.2, 0.25) is 0 Å². The Morgan fingerprint density at radius 1 is 1.04 bits per heavy atom. The summed E-state index contributed by atoms with van der Waals surface area (Å²) in [6.45, 7) is 4.55. The fourth-order valence-electron chi connectivity index (χ4n) is 3.32. The Morgan fingerprint density at radius 3 is 2.52 bits per heavy atom. The third-order valence-electron chi connectivity index (χ3n) is 4.91. The van der Waals surface area contributed by atoms with Gasteiger partial charge in [-0.1, -0.05) is 19.1 Å². The van der Waals surface area contributed by atoms with Crippen molar-refractivity contribution in [3.63, 3.8) is 0 Å². The maximum Gasteiger partial charge on any atom is 0.288 e. The zero-order chi connectivity index (χ0) is 17.2. The number of fused-ring (bicyclic) bond motifs is 1. The lowest BCUT2D eigenvalue weighted by Gasteiger charge is -2.32. The van der Waals surface area contributed by atoms with E-state index in [2.05, 4.69) is 34.4 Å². The highest BCUT2D eigenvalue weighted by atomic mass is 16.1. The maximum atomic E-state index is 12.2. The fourth-order valence-corrected chi connectivity index (χ4v) is 3.32. The van der Waals surface area contributed by atoms with E-state index in [1.165, 1.54) is 24.7 Å². The summed E-state index contributed by atoms with van der Waals surface area (Å²) in [6.07, 6.45) is 3.84. The van der Waals surface area contributed by atoms with Crippen LogP contribution in [0.25, 0.3) is 11.0 Å². The molecular weight excluding hydrogens is 312 g/mol. The maximum absolute atomic E-state index is 12.2. The lowest BCUT2D eigenvalue weighted by molar-refractivity contribution is 0.438. The van der Waals surface area contributed by atoms with Crippen LogP contribution in [-0.2, 0) is 0 Å². The molecule has 128 valence electrons. The van der Waals surface area contributed by atoms with Gasteiger partial charge >= 0.3 is 0 Å². The second-order valence-electron chi connectivity index (χ2n) is 6.75. The molecule has 0 radical (unpaired) electrons. The normalized spacial score (nSPS) is 15.5. The van der Waals surface area contributed by atoms with Gasteiger partial charge in [-0.2, -0.15) is 0 Å². The molecule has 5 heteroatoms. The molecule has 0 unspecified atom stereocenters. The van der Waals surface area contributed by atoms with Gasteiger partial charge in [0.15, 0.2) is 0 Å². The second-order valence-corrected chi connectivity index (χ2v) is 6.75. The van der Waals surface area contributed by atoms with E-state index in [1.807, 2.05) is 36.4 Å². The molecular formula is C20H22N4O. The first-order valence-electron chi connectivity index (χ1n) is 8.79. The van der Waals surface area contributed by atoms with E-state index < -0.39 is 0 Å². The highest BCUT2D eigenvalue weighted by Crippen LogP contribution is 2.24. The van der Waals surface area contributed by atoms with Crippen molar-refractivity contribution < 1.29 is 0 Å². The number of rotatable bonds is 3. The molecule has 1 aromatic heterocycles. The van der Waals surface area contributed by atoms with Crippen LogP contribution in [0.3, 0.4) is 0 Å². The number of benzene rings is 2. The molecule has 3 aromatic rings. The quantitative estimate of drug-likeness (QED) is 0.796. The van der Waals surface area contributed by atoms with Crippen molar-refractivity contribution in [2.24, 2.45) is 5.92 Å². The van der Waals surface area contributed by atoms with Gasteiger partial charge in [0.1, 0.15) is 0 Å². The molecule has 4 rings (SSSR count). The zero-order valence-electron chi connectivity index (χ0n) is 14.4. The molecule has 2 aromatic carbocycles. The molecule has 1 N–H and O–H groups in total. The van der Waals surface area contributed by atoms with Crippen molar-refractivity contribution in [3.05, 3.63) is 65.1 Å². The van der Waals surface area contributed by atoms with Crippen molar-refractivity contribution in [1.29, 1.82) is 0 Å². The highest BCUT2D eigenvalue weighted by molar-refractivity contribution is 5.75. The molecule has 0 bridgehead atoms. The molecule has 1 saturated heterocycles. The average Bonchev–Trinajstić information content (AvgIpc) is 2.65.